The van der Waals surface area contributed by atoms with Gasteiger partial charge in [0.1, 0.15) is 0 Å². The highest BCUT2D eigenvalue weighted by Gasteiger charge is 2.22. The molecule has 0 aliphatic carbocycles. The van der Waals surface area contributed by atoms with Crippen LogP contribution in [0.25, 0.3) is 0 Å². The van der Waals surface area contributed by atoms with Crippen LogP contribution < -0.4 is 9.47 Å². The lowest BCUT2D eigenvalue weighted by Gasteiger charge is -2.29. The zero-order valence-electron chi connectivity index (χ0n) is 21.3. The maximum atomic E-state index is 13.4. The number of hydrogen-bond donors (Lipinski definition) is 0. The van der Waals surface area contributed by atoms with E-state index in [2.05, 4.69) is 20.8 Å². The second-order valence-corrected chi connectivity index (χ2v) is 9.99. The van der Waals surface area contributed by atoms with Crippen LogP contribution in [0.3, 0.4) is 0 Å². The predicted octanol–water partition coefficient (Wildman–Crippen LogP) is 5.40. The summed E-state index contributed by atoms with van der Waals surface area (Å²) in [6.45, 7) is 8.12. The predicted molar refractivity (Wildman–Crippen MR) is 139 cm³/mol. The second kappa shape index (κ2) is 14.7. The van der Waals surface area contributed by atoms with E-state index in [-0.39, 0.29) is 18.4 Å². The summed E-state index contributed by atoms with van der Waals surface area (Å²) in [5.41, 5.74) is 1.07. The van der Waals surface area contributed by atoms with Gasteiger partial charge in [-0.25, -0.2) is 0 Å². The molecule has 0 fully saturated rings. The van der Waals surface area contributed by atoms with Crippen LogP contribution >= 0.6 is 11.3 Å². The highest BCUT2D eigenvalue weighted by atomic mass is 32.1. The molecular formula is C27H40N2O4S. The number of rotatable bonds is 15. The van der Waals surface area contributed by atoms with Crippen LogP contribution in [-0.2, 0) is 22.6 Å². The largest absolute Gasteiger partial charge is 0.493 e. The number of methoxy groups -OCH3 is 2. The number of carbonyl (C=O) groups excluding carboxylic acids is 2. The van der Waals surface area contributed by atoms with Gasteiger partial charge in [-0.05, 0) is 47.9 Å². The standard InChI is InChI=1S/C27H40N2O4S/c1-6-7-8-11-26(30)29(18-21(2)3)20-27(31)28(19-23-10-9-16-34-23)15-14-22-12-13-24(32-4)25(17-22)33-5/h9-10,12-13,16-17,21H,6-8,11,14-15,18-20H2,1-5H3. The van der Waals surface area contributed by atoms with Crippen LogP contribution in [0, 0.1) is 5.92 Å². The summed E-state index contributed by atoms with van der Waals surface area (Å²) in [5.74, 6) is 1.73. The number of amides is 2. The second-order valence-electron chi connectivity index (χ2n) is 8.96. The number of carbonyl (C=O) groups is 2. The van der Waals surface area contributed by atoms with Crippen LogP contribution in [0.15, 0.2) is 35.7 Å². The van der Waals surface area contributed by atoms with Crippen LogP contribution in [0.4, 0.5) is 0 Å². The first-order chi connectivity index (χ1) is 16.4. The molecule has 2 aromatic rings. The number of nitrogens with zero attached hydrogens (tertiary/aromatic N) is 2. The number of hydrogen-bond acceptors (Lipinski definition) is 5. The van der Waals surface area contributed by atoms with Gasteiger partial charge in [-0.15, -0.1) is 11.3 Å². The topological polar surface area (TPSA) is 59.1 Å². The van der Waals surface area contributed by atoms with Gasteiger partial charge in [0.25, 0.3) is 0 Å². The molecule has 34 heavy (non-hydrogen) atoms. The minimum atomic E-state index is -0.0154. The molecule has 0 aliphatic heterocycles. The van der Waals surface area contributed by atoms with E-state index >= 15 is 0 Å². The minimum absolute atomic E-state index is 0.0154. The summed E-state index contributed by atoms with van der Waals surface area (Å²) in [6.07, 6.45) is 4.17. The smallest absolute Gasteiger partial charge is 0.242 e. The van der Waals surface area contributed by atoms with Gasteiger partial charge in [-0.1, -0.05) is 45.7 Å². The lowest BCUT2D eigenvalue weighted by Crippen LogP contribution is -2.44. The van der Waals surface area contributed by atoms with Crippen LogP contribution in [0.1, 0.15) is 56.9 Å². The average molecular weight is 489 g/mol. The number of unbranched alkanes of at least 4 members (excludes halogenated alkanes) is 2. The SMILES string of the molecule is CCCCCC(=O)N(CC(=O)N(CCc1ccc(OC)c(OC)c1)Cc1cccs1)CC(C)C. The Hall–Kier alpha value is -2.54. The van der Waals surface area contributed by atoms with Crippen molar-refractivity contribution < 1.29 is 19.1 Å². The van der Waals surface area contributed by atoms with Crippen molar-refractivity contribution in [1.82, 2.24) is 9.80 Å². The summed E-state index contributed by atoms with van der Waals surface area (Å²) >= 11 is 1.64. The van der Waals surface area contributed by atoms with E-state index < -0.39 is 0 Å². The molecule has 1 aromatic carbocycles. The van der Waals surface area contributed by atoms with Gasteiger partial charge in [0.2, 0.25) is 11.8 Å². The minimum Gasteiger partial charge on any atom is -0.493 e. The van der Waals surface area contributed by atoms with Crippen molar-refractivity contribution in [3.63, 3.8) is 0 Å². The van der Waals surface area contributed by atoms with Gasteiger partial charge in [-0.2, -0.15) is 0 Å². The zero-order valence-corrected chi connectivity index (χ0v) is 22.2. The van der Waals surface area contributed by atoms with Crippen molar-refractivity contribution in [3.8, 4) is 11.5 Å². The first-order valence-electron chi connectivity index (χ1n) is 12.2. The third-order valence-corrected chi connectivity index (χ3v) is 6.52. The molecule has 1 aromatic heterocycles. The summed E-state index contributed by atoms with van der Waals surface area (Å²) in [4.78, 5) is 31.1. The van der Waals surface area contributed by atoms with E-state index in [1.165, 1.54) is 0 Å². The van der Waals surface area contributed by atoms with E-state index in [9.17, 15) is 9.59 Å². The van der Waals surface area contributed by atoms with Gasteiger partial charge in [0, 0.05) is 24.4 Å². The Labute approximate surface area is 208 Å². The van der Waals surface area contributed by atoms with E-state index in [0.717, 1.165) is 29.7 Å². The van der Waals surface area contributed by atoms with E-state index in [1.54, 1.807) is 30.5 Å². The molecule has 0 radical (unpaired) electrons. The third kappa shape index (κ3) is 9.01. The molecule has 0 spiro atoms. The Balaban J connectivity index is 2.12. The van der Waals surface area contributed by atoms with Gasteiger partial charge >= 0.3 is 0 Å². The van der Waals surface area contributed by atoms with E-state index in [4.69, 9.17) is 9.47 Å². The van der Waals surface area contributed by atoms with Gasteiger partial charge < -0.3 is 19.3 Å². The van der Waals surface area contributed by atoms with Crippen molar-refractivity contribution in [2.45, 2.75) is 59.4 Å². The van der Waals surface area contributed by atoms with Crippen molar-refractivity contribution >= 4 is 23.2 Å². The molecule has 6 nitrogen and oxygen atoms in total. The van der Waals surface area contributed by atoms with Crippen molar-refractivity contribution in [2.75, 3.05) is 33.9 Å². The molecule has 2 amide bonds. The Morgan fingerprint density at radius 1 is 1.00 bits per heavy atom. The van der Waals surface area contributed by atoms with Crippen LogP contribution in [0.2, 0.25) is 0 Å². The Bertz CT molecular complexity index is 883. The van der Waals surface area contributed by atoms with Gasteiger partial charge in [0.15, 0.2) is 11.5 Å². The highest BCUT2D eigenvalue weighted by Crippen LogP contribution is 2.28. The normalized spacial score (nSPS) is 10.9. The van der Waals surface area contributed by atoms with E-state index in [1.807, 2.05) is 40.6 Å². The average Bonchev–Trinajstić information content (AvgIpc) is 3.34. The monoisotopic (exact) mass is 488 g/mol. The van der Waals surface area contributed by atoms with Crippen molar-refractivity contribution in [3.05, 3.63) is 46.2 Å². The van der Waals surface area contributed by atoms with Gasteiger partial charge in [-0.3, -0.25) is 9.59 Å². The third-order valence-electron chi connectivity index (χ3n) is 5.66. The molecule has 7 heteroatoms. The molecule has 0 bridgehead atoms. The molecule has 0 saturated heterocycles. The van der Waals surface area contributed by atoms with Crippen molar-refractivity contribution in [2.24, 2.45) is 5.92 Å². The number of thiophene rings is 1. The lowest BCUT2D eigenvalue weighted by molar-refractivity contribution is -0.141. The molecule has 0 atom stereocenters. The molecular weight excluding hydrogens is 448 g/mol. The Morgan fingerprint density at radius 2 is 1.76 bits per heavy atom. The molecule has 0 saturated carbocycles. The summed E-state index contributed by atoms with van der Waals surface area (Å²) in [5, 5.41) is 2.02. The fourth-order valence-corrected chi connectivity index (χ4v) is 4.55. The highest BCUT2D eigenvalue weighted by molar-refractivity contribution is 7.09. The number of ether oxygens (including phenoxy) is 2. The van der Waals surface area contributed by atoms with Crippen molar-refractivity contribution in [1.29, 1.82) is 0 Å². The molecule has 0 unspecified atom stereocenters. The molecule has 0 aliphatic rings. The molecule has 188 valence electrons. The summed E-state index contributed by atoms with van der Waals surface area (Å²) in [7, 11) is 3.24. The van der Waals surface area contributed by atoms with E-state index in [0.29, 0.717) is 49.9 Å². The fourth-order valence-electron chi connectivity index (χ4n) is 3.83. The summed E-state index contributed by atoms with van der Waals surface area (Å²) < 4.78 is 10.8. The molecule has 2 rings (SSSR count). The fraction of sp³-hybridized carbons (Fsp3) is 0.556. The quantitative estimate of drug-likeness (QED) is 0.315. The Morgan fingerprint density at radius 3 is 2.38 bits per heavy atom. The van der Waals surface area contributed by atoms with Crippen LogP contribution in [-0.4, -0.2) is 55.5 Å². The molecule has 0 N–H and O–H groups in total. The molecule has 1 heterocycles. The zero-order chi connectivity index (χ0) is 24.9. The first kappa shape index (κ1) is 27.7. The van der Waals surface area contributed by atoms with Crippen LogP contribution in [0.5, 0.6) is 11.5 Å². The first-order valence-corrected chi connectivity index (χ1v) is 13.0. The Kier molecular flexibility index (Phi) is 11.9. The lowest BCUT2D eigenvalue weighted by atomic mass is 10.1. The maximum Gasteiger partial charge on any atom is 0.242 e. The maximum absolute atomic E-state index is 13.4. The summed E-state index contributed by atoms with van der Waals surface area (Å²) in [6, 6.07) is 9.88. The van der Waals surface area contributed by atoms with Gasteiger partial charge in [0.05, 0.1) is 27.3 Å². The number of benzene rings is 1.